The topological polar surface area (TPSA) is 112 Å². The van der Waals surface area contributed by atoms with E-state index in [1.165, 1.54) is 0 Å². The first-order valence-corrected chi connectivity index (χ1v) is 12.3. The number of primary amides is 1. The number of piperazine rings is 1. The Morgan fingerprint density at radius 1 is 0.976 bits per heavy atom. The summed E-state index contributed by atoms with van der Waals surface area (Å²) in [6.45, 7) is 4.53. The number of hydrogen-bond acceptors (Lipinski definition) is 5. The second-order valence-electron chi connectivity index (χ2n) is 9.87. The van der Waals surface area contributed by atoms with Gasteiger partial charge >= 0.3 is 6.18 Å². The van der Waals surface area contributed by atoms with Gasteiger partial charge in [-0.05, 0) is 50.7 Å². The van der Waals surface area contributed by atoms with Gasteiger partial charge in [-0.1, -0.05) is 0 Å². The Morgan fingerprint density at radius 3 is 2.10 bits per heavy atom. The smallest absolute Gasteiger partial charge is 0.367 e. The Labute approximate surface area is 229 Å². The van der Waals surface area contributed by atoms with Crippen LogP contribution < -0.4 is 21.5 Å². The Hall–Kier alpha value is -4.33. The fourth-order valence-electron chi connectivity index (χ4n) is 4.79. The minimum absolute atomic E-state index is 0.0365. The first-order chi connectivity index (χ1) is 19.1. The van der Waals surface area contributed by atoms with Crippen LogP contribution in [0.1, 0.15) is 40.1 Å². The standard InChI is InChI=1S/C27H25F6N5O3/c1-12-10-38(11-13(2)37(12)3)22-8-18(28)15(14-4-19(29)24(25(34)40)20(30)5-14)6-21(22)36-26(41)16-9-35-23(39)7-17(16)27(31,32)33/h4-9,12-13H,10-11H2,1-3H3,(H2,34,40)(H,35,39)(H,36,41)/t12-,13?/m1/s1. The van der Waals surface area contributed by atoms with Gasteiger partial charge in [0.2, 0.25) is 5.56 Å². The van der Waals surface area contributed by atoms with Gasteiger partial charge in [0.1, 0.15) is 23.0 Å². The van der Waals surface area contributed by atoms with Gasteiger partial charge in [0.25, 0.3) is 11.8 Å². The lowest BCUT2D eigenvalue weighted by Crippen LogP contribution is -2.55. The van der Waals surface area contributed by atoms with Crippen LogP contribution in [-0.4, -0.2) is 53.9 Å². The monoisotopic (exact) mass is 581 g/mol. The fraction of sp³-hybridized carbons (Fsp3) is 0.296. The summed E-state index contributed by atoms with van der Waals surface area (Å²) < 4.78 is 85.4. The summed E-state index contributed by atoms with van der Waals surface area (Å²) in [5.74, 6) is -6.32. The molecule has 1 unspecified atom stereocenters. The number of aromatic amines is 1. The number of likely N-dealkylation sites (N-methyl/N-ethyl adjacent to an activating group) is 1. The van der Waals surface area contributed by atoms with E-state index in [0.717, 1.165) is 12.1 Å². The van der Waals surface area contributed by atoms with Gasteiger partial charge < -0.3 is 20.9 Å². The number of carbonyl (C=O) groups is 2. The maximum atomic E-state index is 15.5. The molecule has 0 bridgehead atoms. The molecule has 4 N–H and O–H groups in total. The molecule has 0 spiro atoms. The van der Waals surface area contributed by atoms with E-state index >= 15 is 4.39 Å². The average Bonchev–Trinajstić information content (AvgIpc) is 2.86. The minimum atomic E-state index is -5.04. The molecule has 8 nitrogen and oxygen atoms in total. The molecule has 41 heavy (non-hydrogen) atoms. The summed E-state index contributed by atoms with van der Waals surface area (Å²) in [6, 6.07) is 3.56. The Balaban J connectivity index is 1.87. The van der Waals surface area contributed by atoms with Crippen LogP contribution in [0, 0.1) is 17.5 Å². The van der Waals surface area contributed by atoms with Gasteiger partial charge in [0, 0.05) is 43.0 Å². The molecule has 2 heterocycles. The van der Waals surface area contributed by atoms with Gasteiger partial charge in [-0.3, -0.25) is 19.3 Å². The Kier molecular flexibility index (Phi) is 7.89. The lowest BCUT2D eigenvalue weighted by molar-refractivity contribution is -0.138. The van der Waals surface area contributed by atoms with Crippen molar-refractivity contribution in [3.8, 4) is 11.1 Å². The number of anilines is 2. The fourth-order valence-corrected chi connectivity index (χ4v) is 4.79. The molecule has 0 radical (unpaired) electrons. The molecule has 0 aliphatic carbocycles. The lowest BCUT2D eigenvalue weighted by Gasteiger charge is -2.44. The Morgan fingerprint density at radius 2 is 1.56 bits per heavy atom. The number of carbonyl (C=O) groups excluding carboxylic acids is 2. The van der Waals surface area contributed by atoms with Crippen molar-refractivity contribution < 1.29 is 35.9 Å². The van der Waals surface area contributed by atoms with Gasteiger partial charge in [0.15, 0.2) is 0 Å². The van der Waals surface area contributed by atoms with Crippen molar-refractivity contribution in [3.63, 3.8) is 0 Å². The molecule has 14 heteroatoms. The first-order valence-electron chi connectivity index (χ1n) is 12.3. The Bertz CT molecular complexity index is 1550. The van der Waals surface area contributed by atoms with Gasteiger partial charge in [-0.15, -0.1) is 0 Å². The highest BCUT2D eigenvalue weighted by Crippen LogP contribution is 2.38. The molecule has 218 valence electrons. The quantitative estimate of drug-likeness (QED) is 0.388. The number of benzene rings is 2. The van der Waals surface area contributed by atoms with E-state index in [-0.39, 0.29) is 35.1 Å². The zero-order chi connectivity index (χ0) is 30.4. The highest BCUT2D eigenvalue weighted by molar-refractivity contribution is 6.07. The molecule has 1 aromatic heterocycles. The van der Waals surface area contributed by atoms with E-state index in [9.17, 15) is 36.3 Å². The van der Waals surface area contributed by atoms with Crippen LogP contribution in [-0.2, 0) is 6.18 Å². The summed E-state index contributed by atoms with van der Waals surface area (Å²) in [5.41, 5.74) is -0.319. The maximum absolute atomic E-state index is 15.5. The van der Waals surface area contributed by atoms with Crippen molar-refractivity contribution in [3.05, 3.63) is 81.0 Å². The molecular formula is C27H25F6N5O3. The third-order valence-corrected chi connectivity index (χ3v) is 7.11. The maximum Gasteiger partial charge on any atom is 0.417 e. The number of halogens is 6. The van der Waals surface area contributed by atoms with E-state index in [1.54, 1.807) is 4.90 Å². The van der Waals surface area contributed by atoms with Gasteiger partial charge in [-0.25, -0.2) is 13.2 Å². The zero-order valence-electron chi connectivity index (χ0n) is 22.0. The molecule has 4 rings (SSSR count). The van der Waals surface area contributed by atoms with Crippen LogP contribution in [0.3, 0.4) is 0 Å². The predicted octanol–water partition coefficient (Wildman–Crippen LogP) is 4.36. The van der Waals surface area contributed by atoms with E-state index in [1.807, 2.05) is 25.9 Å². The van der Waals surface area contributed by atoms with Crippen LogP contribution in [0.15, 0.2) is 41.3 Å². The molecule has 3 aromatic rings. The second-order valence-corrected chi connectivity index (χ2v) is 9.87. The van der Waals surface area contributed by atoms with Crippen molar-refractivity contribution in [1.29, 1.82) is 0 Å². The number of pyridine rings is 1. The number of alkyl halides is 3. The molecule has 0 saturated carbocycles. The van der Waals surface area contributed by atoms with E-state index in [4.69, 9.17) is 5.73 Å². The van der Waals surface area contributed by atoms with Crippen LogP contribution >= 0.6 is 0 Å². The second kappa shape index (κ2) is 10.9. The van der Waals surface area contributed by atoms with Crippen LogP contribution in [0.2, 0.25) is 0 Å². The SMILES string of the molecule is CC1CN(c2cc(F)c(-c3cc(F)c(C(N)=O)c(F)c3)cc2NC(=O)c2c[nH]c(=O)cc2C(F)(F)F)C[C@@H](C)N1C. The molecule has 1 aliphatic heterocycles. The minimum Gasteiger partial charge on any atom is -0.367 e. The number of rotatable bonds is 5. The van der Waals surface area contributed by atoms with E-state index < -0.39 is 63.3 Å². The number of hydrogen-bond donors (Lipinski definition) is 3. The van der Waals surface area contributed by atoms with Crippen LogP contribution in [0.5, 0.6) is 0 Å². The number of aromatic nitrogens is 1. The first kappa shape index (κ1) is 29.6. The third-order valence-electron chi connectivity index (χ3n) is 7.11. The average molecular weight is 582 g/mol. The molecule has 1 saturated heterocycles. The summed E-state index contributed by atoms with van der Waals surface area (Å²) in [5, 5.41) is 2.35. The summed E-state index contributed by atoms with van der Waals surface area (Å²) >= 11 is 0. The van der Waals surface area contributed by atoms with E-state index in [0.29, 0.717) is 31.4 Å². The van der Waals surface area contributed by atoms with Crippen molar-refractivity contribution in [1.82, 2.24) is 9.88 Å². The zero-order valence-corrected chi connectivity index (χ0v) is 22.0. The van der Waals surface area contributed by atoms with Crippen molar-refractivity contribution in [2.75, 3.05) is 30.4 Å². The highest BCUT2D eigenvalue weighted by atomic mass is 19.4. The summed E-state index contributed by atoms with van der Waals surface area (Å²) in [7, 11) is 1.90. The number of H-pyrrole nitrogens is 1. The molecule has 1 fully saturated rings. The molecule has 1 aliphatic rings. The summed E-state index contributed by atoms with van der Waals surface area (Å²) in [4.78, 5) is 41.9. The highest BCUT2D eigenvalue weighted by Gasteiger charge is 2.36. The lowest BCUT2D eigenvalue weighted by atomic mass is 9.99. The van der Waals surface area contributed by atoms with Gasteiger partial charge in [-0.2, -0.15) is 13.2 Å². The number of nitrogens with zero attached hydrogens (tertiary/aromatic N) is 2. The largest absolute Gasteiger partial charge is 0.417 e. The van der Waals surface area contributed by atoms with Crippen molar-refractivity contribution >= 4 is 23.2 Å². The van der Waals surface area contributed by atoms with Crippen LogP contribution in [0.25, 0.3) is 11.1 Å². The van der Waals surface area contributed by atoms with Crippen molar-refractivity contribution in [2.24, 2.45) is 5.73 Å². The number of amides is 2. The summed E-state index contributed by atoms with van der Waals surface area (Å²) in [6.07, 6.45) is -4.44. The predicted molar refractivity (Wildman–Crippen MR) is 139 cm³/mol. The van der Waals surface area contributed by atoms with Crippen molar-refractivity contribution in [2.45, 2.75) is 32.1 Å². The molecular weight excluding hydrogens is 556 g/mol. The number of nitrogens with two attached hydrogens (primary N) is 1. The normalized spacial score (nSPS) is 17.9. The van der Waals surface area contributed by atoms with E-state index in [2.05, 4.69) is 10.2 Å². The molecule has 2 amide bonds. The molecule has 2 aromatic carbocycles. The third kappa shape index (κ3) is 5.92. The molecule has 2 atom stereocenters. The number of nitrogens with one attached hydrogen (secondary N) is 2. The van der Waals surface area contributed by atoms with Crippen LogP contribution in [0.4, 0.5) is 37.7 Å². The van der Waals surface area contributed by atoms with Gasteiger partial charge in [0.05, 0.1) is 22.5 Å².